The lowest BCUT2D eigenvalue weighted by molar-refractivity contribution is -0.122. The van der Waals surface area contributed by atoms with Gasteiger partial charge in [-0.25, -0.2) is 0 Å². The summed E-state index contributed by atoms with van der Waals surface area (Å²) in [6.07, 6.45) is 8.01. The standard InChI is InChI=1S/C15H30N2O/c1-3-5-7-13(4-2)10-15(18)17-12-14-8-6-9-16-11-14/h13-14,16H,3-12H2,1-2H3,(H,17,18). The van der Waals surface area contributed by atoms with Crippen molar-refractivity contribution < 1.29 is 4.79 Å². The molecule has 18 heavy (non-hydrogen) atoms. The van der Waals surface area contributed by atoms with Gasteiger partial charge in [-0.15, -0.1) is 0 Å². The minimum absolute atomic E-state index is 0.253. The average Bonchev–Trinajstić information content (AvgIpc) is 2.42. The van der Waals surface area contributed by atoms with E-state index < -0.39 is 0 Å². The molecule has 0 aromatic rings. The predicted octanol–water partition coefficient (Wildman–Crippen LogP) is 2.71. The molecule has 0 radical (unpaired) electrons. The average molecular weight is 254 g/mol. The molecular weight excluding hydrogens is 224 g/mol. The van der Waals surface area contributed by atoms with Crippen LogP contribution in [0.3, 0.4) is 0 Å². The molecule has 0 spiro atoms. The van der Waals surface area contributed by atoms with E-state index in [-0.39, 0.29) is 5.91 Å². The number of piperidine rings is 1. The lowest BCUT2D eigenvalue weighted by Gasteiger charge is -2.23. The molecule has 3 heteroatoms. The molecule has 3 nitrogen and oxygen atoms in total. The van der Waals surface area contributed by atoms with Crippen molar-refractivity contribution in [3.8, 4) is 0 Å². The van der Waals surface area contributed by atoms with Gasteiger partial charge < -0.3 is 10.6 Å². The Morgan fingerprint density at radius 3 is 2.89 bits per heavy atom. The van der Waals surface area contributed by atoms with Crippen LogP contribution in [-0.2, 0) is 4.79 Å². The second-order valence-electron chi connectivity index (χ2n) is 5.64. The Balaban J connectivity index is 2.14. The summed E-state index contributed by atoms with van der Waals surface area (Å²) < 4.78 is 0. The highest BCUT2D eigenvalue weighted by Gasteiger charge is 2.15. The summed E-state index contributed by atoms with van der Waals surface area (Å²) >= 11 is 0. The van der Waals surface area contributed by atoms with Crippen molar-refractivity contribution in [3.05, 3.63) is 0 Å². The maximum atomic E-state index is 11.9. The zero-order valence-corrected chi connectivity index (χ0v) is 12.1. The van der Waals surface area contributed by atoms with Crippen LogP contribution < -0.4 is 10.6 Å². The first-order valence-electron chi connectivity index (χ1n) is 7.73. The van der Waals surface area contributed by atoms with E-state index in [1.807, 2.05) is 0 Å². The molecule has 2 unspecified atom stereocenters. The van der Waals surface area contributed by atoms with Crippen LogP contribution in [0, 0.1) is 11.8 Å². The summed E-state index contributed by atoms with van der Waals surface area (Å²) in [6, 6.07) is 0. The summed E-state index contributed by atoms with van der Waals surface area (Å²) in [5, 5.41) is 6.50. The highest BCUT2D eigenvalue weighted by Crippen LogP contribution is 2.16. The number of unbranched alkanes of at least 4 members (excludes halogenated alkanes) is 1. The van der Waals surface area contributed by atoms with Crippen LogP contribution in [0.15, 0.2) is 0 Å². The van der Waals surface area contributed by atoms with Gasteiger partial charge in [-0.3, -0.25) is 4.79 Å². The molecule has 1 rings (SSSR count). The fraction of sp³-hybridized carbons (Fsp3) is 0.933. The van der Waals surface area contributed by atoms with Gasteiger partial charge in [0.25, 0.3) is 0 Å². The van der Waals surface area contributed by atoms with Gasteiger partial charge in [0.1, 0.15) is 0 Å². The summed E-state index contributed by atoms with van der Waals surface area (Å²) in [4.78, 5) is 11.9. The van der Waals surface area contributed by atoms with Crippen LogP contribution in [0.5, 0.6) is 0 Å². The number of hydrogen-bond donors (Lipinski definition) is 2. The Kier molecular flexibility index (Phi) is 8.06. The zero-order valence-electron chi connectivity index (χ0n) is 12.1. The molecule has 1 fully saturated rings. The first kappa shape index (κ1) is 15.5. The Labute approximate surface area is 112 Å². The molecule has 1 amide bonds. The van der Waals surface area contributed by atoms with E-state index in [0.717, 1.165) is 32.5 Å². The van der Waals surface area contributed by atoms with Gasteiger partial charge in [0.05, 0.1) is 0 Å². The van der Waals surface area contributed by atoms with Gasteiger partial charge in [-0.2, -0.15) is 0 Å². The molecule has 1 aliphatic rings. The molecule has 106 valence electrons. The Morgan fingerprint density at radius 1 is 1.44 bits per heavy atom. The fourth-order valence-electron chi connectivity index (χ4n) is 2.63. The smallest absolute Gasteiger partial charge is 0.220 e. The van der Waals surface area contributed by atoms with Crippen molar-refractivity contribution in [3.63, 3.8) is 0 Å². The lowest BCUT2D eigenvalue weighted by atomic mass is 9.95. The topological polar surface area (TPSA) is 41.1 Å². The highest BCUT2D eigenvalue weighted by molar-refractivity contribution is 5.76. The van der Waals surface area contributed by atoms with Crippen molar-refractivity contribution in [2.24, 2.45) is 11.8 Å². The van der Waals surface area contributed by atoms with E-state index in [2.05, 4.69) is 24.5 Å². The van der Waals surface area contributed by atoms with E-state index in [1.165, 1.54) is 32.1 Å². The maximum absolute atomic E-state index is 11.9. The monoisotopic (exact) mass is 254 g/mol. The largest absolute Gasteiger partial charge is 0.356 e. The van der Waals surface area contributed by atoms with Crippen molar-refractivity contribution in [1.82, 2.24) is 10.6 Å². The van der Waals surface area contributed by atoms with E-state index in [1.54, 1.807) is 0 Å². The Morgan fingerprint density at radius 2 is 2.28 bits per heavy atom. The molecule has 1 aliphatic heterocycles. The van der Waals surface area contributed by atoms with Crippen LogP contribution >= 0.6 is 0 Å². The molecule has 0 bridgehead atoms. The van der Waals surface area contributed by atoms with Gasteiger partial charge in [0.15, 0.2) is 0 Å². The number of nitrogens with one attached hydrogen (secondary N) is 2. The third-order valence-corrected chi connectivity index (χ3v) is 4.00. The van der Waals surface area contributed by atoms with Gasteiger partial charge in [0, 0.05) is 13.0 Å². The maximum Gasteiger partial charge on any atom is 0.220 e. The number of hydrogen-bond acceptors (Lipinski definition) is 2. The number of carbonyl (C=O) groups excluding carboxylic acids is 1. The summed E-state index contributed by atoms with van der Waals surface area (Å²) in [5.41, 5.74) is 0. The lowest BCUT2D eigenvalue weighted by Crippen LogP contribution is -2.38. The molecule has 0 aromatic carbocycles. The van der Waals surface area contributed by atoms with Crippen molar-refractivity contribution in [1.29, 1.82) is 0 Å². The molecule has 0 saturated carbocycles. The minimum Gasteiger partial charge on any atom is -0.356 e. The van der Waals surface area contributed by atoms with Crippen molar-refractivity contribution >= 4 is 5.91 Å². The van der Waals surface area contributed by atoms with Gasteiger partial charge in [0.2, 0.25) is 5.91 Å². The van der Waals surface area contributed by atoms with Crippen LogP contribution in [0.4, 0.5) is 0 Å². The van der Waals surface area contributed by atoms with E-state index >= 15 is 0 Å². The quantitative estimate of drug-likeness (QED) is 0.699. The van der Waals surface area contributed by atoms with E-state index in [4.69, 9.17) is 0 Å². The summed E-state index contributed by atoms with van der Waals surface area (Å²) in [7, 11) is 0. The zero-order chi connectivity index (χ0) is 13.2. The SMILES string of the molecule is CCCCC(CC)CC(=O)NCC1CCCNC1. The number of carbonyl (C=O) groups is 1. The number of rotatable bonds is 8. The molecule has 0 aromatic heterocycles. The summed E-state index contributed by atoms with van der Waals surface area (Å²) in [6.45, 7) is 7.46. The van der Waals surface area contributed by atoms with Crippen LogP contribution in [0.1, 0.15) is 58.8 Å². The first-order chi connectivity index (χ1) is 8.76. The van der Waals surface area contributed by atoms with Gasteiger partial charge in [-0.05, 0) is 44.2 Å². The predicted molar refractivity (Wildman–Crippen MR) is 76.5 cm³/mol. The molecular formula is C15H30N2O. The van der Waals surface area contributed by atoms with E-state index in [0.29, 0.717) is 11.8 Å². The first-order valence-corrected chi connectivity index (χ1v) is 7.73. The van der Waals surface area contributed by atoms with Crippen LogP contribution in [0.2, 0.25) is 0 Å². The Bertz CT molecular complexity index is 225. The highest BCUT2D eigenvalue weighted by atomic mass is 16.1. The third-order valence-electron chi connectivity index (χ3n) is 4.00. The molecule has 2 N–H and O–H groups in total. The second kappa shape index (κ2) is 9.37. The number of amides is 1. The minimum atomic E-state index is 0.253. The third kappa shape index (κ3) is 6.39. The summed E-state index contributed by atoms with van der Waals surface area (Å²) in [5.74, 6) is 1.47. The Hall–Kier alpha value is -0.570. The van der Waals surface area contributed by atoms with Crippen LogP contribution in [-0.4, -0.2) is 25.5 Å². The molecule has 2 atom stereocenters. The van der Waals surface area contributed by atoms with Gasteiger partial charge in [-0.1, -0.05) is 33.1 Å². The second-order valence-corrected chi connectivity index (χ2v) is 5.64. The van der Waals surface area contributed by atoms with Crippen molar-refractivity contribution in [2.45, 2.75) is 58.8 Å². The van der Waals surface area contributed by atoms with Crippen molar-refractivity contribution in [2.75, 3.05) is 19.6 Å². The normalized spacial score (nSPS) is 21.6. The molecule has 0 aliphatic carbocycles. The molecule has 1 heterocycles. The molecule has 1 saturated heterocycles. The van der Waals surface area contributed by atoms with E-state index in [9.17, 15) is 4.79 Å². The van der Waals surface area contributed by atoms with Gasteiger partial charge >= 0.3 is 0 Å². The van der Waals surface area contributed by atoms with Crippen LogP contribution in [0.25, 0.3) is 0 Å². The fourth-order valence-corrected chi connectivity index (χ4v) is 2.63.